The number of hydrogen-bond donors (Lipinski definition) is 3. The second-order valence-corrected chi connectivity index (χ2v) is 9.92. The van der Waals surface area contributed by atoms with Crippen LogP contribution in [-0.4, -0.2) is 69.5 Å². The molecule has 1 aliphatic carbocycles. The number of methoxy groups -OCH3 is 3. The van der Waals surface area contributed by atoms with Crippen LogP contribution in [0.4, 0.5) is 5.82 Å². The van der Waals surface area contributed by atoms with Gasteiger partial charge in [-0.15, -0.1) is 0 Å². The molecule has 36 heavy (non-hydrogen) atoms. The standard InChI is InChI=1S/C27H38N4O5/c1-15-20-13-24(35-4)25(36-5)14-21(20)22(27(33)30-15)12-18-10-17-11-19(34-3)6-7-23(17)31-26(18)29-9-8-28-16(2)32/h6-7,10-11,15,20-22,24-25H,8-9,12-14H2,1-5H3,(H,28,32)(H,29,31)(H,30,33). The smallest absolute Gasteiger partial charge is 0.223 e. The Morgan fingerprint density at radius 2 is 1.81 bits per heavy atom. The summed E-state index contributed by atoms with van der Waals surface area (Å²) < 4.78 is 16.9. The van der Waals surface area contributed by atoms with Gasteiger partial charge in [0.1, 0.15) is 11.6 Å². The Hall–Kier alpha value is -2.91. The number of hydrogen-bond acceptors (Lipinski definition) is 7. The van der Waals surface area contributed by atoms with Gasteiger partial charge in [-0.25, -0.2) is 4.98 Å². The second-order valence-electron chi connectivity index (χ2n) is 9.92. The molecule has 1 aromatic heterocycles. The number of pyridine rings is 1. The average molecular weight is 499 g/mol. The summed E-state index contributed by atoms with van der Waals surface area (Å²) in [5.74, 6) is 1.77. The van der Waals surface area contributed by atoms with Crippen molar-refractivity contribution in [1.82, 2.24) is 15.6 Å². The summed E-state index contributed by atoms with van der Waals surface area (Å²) in [6.45, 7) is 4.60. The molecule has 4 rings (SSSR count). The van der Waals surface area contributed by atoms with Crippen LogP contribution in [0.2, 0.25) is 0 Å². The third-order valence-corrected chi connectivity index (χ3v) is 7.78. The lowest BCUT2D eigenvalue weighted by atomic mass is 9.64. The molecule has 1 aliphatic heterocycles. The largest absolute Gasteiger partial charge is 0.497 e. The number of nitrogens with one attached hydrogen (secondary N) is 3. The van der Waals surface area contributed by atoms with E-state index in [4.69, 9.17) is 19.2 Å². The van der Waals surface area contributed by atoms with E-state index in [0.717, 1.165) is 40.9 Å². The van der Waals surface area contributed by atoms with Gasteiger partial charge >= 0.3 is 0 Å². The Balaban J connectivity index is 1.65. The maximum absolute atomic E-state index is 13.3. The van der Waals surface area contributed by atoms with E-state index >= 15 is 0 Å². The Kier molecular flexibility index (Phi) is 8.31. The predicted octanol–water partition coefficient (Wildman–Crippen LogP) is 2.52. The molecule has 3 N–H and O–H groups in total. The molecule has 0 radical (unpaired) electrons. The summed E-state index contributed by atoms with van der Waals surface area (Å²) in [5, 5.41) is 10.4. The van der Waals surface area contributed by atoms with Crippen LogP contribution in [-0.2, 0) is 25.5 Å². The molecule has 0 spiro atoms. The zero-order valence-corrected chi connectivity index (χ0v) is 21.8. The Morgan fingerprint density at radius 3 is 2.47 bits per heavy atom. The number of nitrogens with zero attached hydrogens (tertiary/aromatic N) is 1. The van der Waals surface area contributed by atoms with Crippen LogP contribution in [0.25, 0.3) is 10.9 Å². The van der Waals surface area contributed by atoms with Crippen molar-refractivity contribution in [2.45, 2.75) is 51.4 Å². The molecule has 2 amide bonds. The van der Waals surface area contributed by atoms with E-state index in [1.807, 2.05) is 18.2 Å². The third-order valence-electron chi connectivity index (χ3n) is 7.78. The highest BCUT2D eigenvalue weighted by molar-refractivity contribution is 5.84. The van der Waals surface area contributed by atoms with Crippen molar-refractivity contribution in [3.8, 4) is 5.75 Å². The maximum Gasteiger partial charge on any atom is 0.223 e. The minimum Gasteiger partial charge on any atom is -0.497 e. The highest BCUT2D eigenvalue weighted by Crippen LogP contribution is 2.43. The van der Waals surface area contributed by atoms with E-state index in [0.29, 0.717) is 25.4 Å². The number of aromatic nitrogens is 1. The van der Waals surface area contributed by atoms with Crippen molar-refractivity contribution >= 4 is 28.5 Å². The molecule has 2 aliphatic rings. The molecule has 9 heteroatoms. The Morgan fingerprint density at radius 1 is 1.08 bits per heavy atom. The minimum absolute atomic E-state index is 0.0233. The van der Waals surface area contributed by atoms with Crippen LogP contribution in [0.3, 0.4) is 0 Å². The number of piperidine rings is 1. The van der Waals surface area contributed by atoms with Gasteiger partial charge in [-0.1, -0.05) is 0 Å². The van der Waals surface area contributed by atoms with E-state index in [2.05, 4.69) is 28.9 Å². The van der Waals surface area contributed by atoms with Crippen molar-refractivity contribution in [1.29, 1.82) is 0 Å². The van der Waals surface area contributed by atoms with E-state index in [1.54, 1.807) is 21.3 Å². The monoisotopic (exact) mass is 498 g/mol. The topological polar surface area (TPSA) is 111 Å². The summed E-state index contributed by atoms with van der Waals surface area (Å²) in [7, 11) is 5.09. The number of benzene rings is 1. The van der Waals surface area contributed by atoms with Crippen LogP contribution in [0, 0.1) is 17.8 Å². The Bertz CT molecular complexity index is 1090. The number of rotatable bonds is 9. The van der Waals surface area contributed by atoms with Crippen molar-refractivity contribution in [2.75, 3.05) is 39.7 Å². The first-order valence-electron chi connectivity index (χ1n) is 12.7. The molecule has 9 nitrogen and oxygen atoms in total. The molecular weight excluding hydrogens is 460 g/mol. The normalized spacial score (nSPS) is 27.8. The van der Waals surface area contributed by atoms with Crippen molar-refractivity contribution in [3.63, 3.8) is 0 Å². The predicted molar refractivity (Wildman–Crippen MR) is 138 cm³/mol. The van der Waals surface area contributed by atoms with Gasteiger partial charge in [0.25, 0.3) is 0 Å². The first kappa shape index (κ1) is 26.2. The molecule has 1 saturated heterocycles. The summed E-state index contributed by atoms with van der Waals surface area (Å²) in [4.78, 5) is 29.5. The van der Waals surface area contributed by atoms with Gasteiger partial charge in [0, 0.05) is 51.6 Å². The fourth-order valence-corrected chi connectivity index (χ4v) is 5.89. The molecule has 2 aromatic rings. The van der Waals surface area contributed by atoms with Crippen LogP contribution >= 0.6 is 0 Å². The maximum atomic E-state index is 13.3. The van der Waals surface area contributed by atoms with Gasteiger partial charge in [-0.3, -0.25) is 9.59 Å². The van der Waals surface area contributed by atoms with E-state index in [1.165, 1.54) is 6.92 Å². The van der Waals surface area contributed by atoms with E-state index in [9.17, 15) is 9.59 Å². The molecule has 6 atom stereocenters. The summed E-state index contributed by atoms with van der Waals surface area (Å²) >= 11 is 0. The zero-order chi connectivity index (χ0) is 25.8. The molecule has 1 aromatic carbocycles. The quantitative estimate of drug-likeness (QED) is 0.456. The van der Waals surface area contributed by atoms with Gasteiger partial charge < -0.3 is 30.2 Å². The summed E-state index contributed by atoms with van der Waals surface area (Å²) in [6.07, 6.45) is 2.17. The van der Waals surface area contributed by atoms with Gasteiger partial charge in [-0.05, 0) is 67.9 Å². The van der Waals surface area contributed by atoms with E-state index < -0.39 is 0 Å². The lowest BCUT2D eigenvalue weighted by Gasteiger charge is -2.48. The van der Waals surface area contributed by atoms with Crippen LogP contribution in [0.1, 0.15) is 32.3 Å². The lowest BCUT2D eigenvalue weighted by molar-refractivity contribution is -0.143. The van der Waals surface area contributed by atoms with E-state index in [-0.39, 0.29) is 41.9 Å². The average Bonchev–Trinajstić information content (AvgIpc) is 2.87. The Labute approximate surface area is 212 Å². The minimum atomic E-state index is -0.206. The SMILES string of the molecule is COc1ccc2nc(NCCNC(C)=O)c(CC3C(=O)NC(C)C4CC(OC)C(OC)CC34)cc2c1. The highest BCUT2D eigenvalue weighted by Gasteiger charge is 2.48. The molecule has 2 heterocycles. The number of ether oxygens (including phenoxy) is 3. The first-order chi connectivity index (χ1) is 17.3. The molecule has 1 saturated carbocycles. The zero-order valence-electron chi connectivity index (χ0n) is 21.8. The molecule has 0 bridgehead atoms. The van der Waals surface area contributed by atoms with Crippen LogP contribution in [0.15, 0.2) is 24.3 Å². The van der Waals surface area contributed by atoms with Gasteiger partial charge in [0.2, 0.25) is 11.8 Å². The highest BCUT2D eigenvalue weighted by atomic mass is 16.5. The third kappa shape index (κ3) is 5.57. The molecule has 2 fully saturated rings. The number of carbonyl (C=O) groups is 2. The lowest BCUT2D eigenvalue weighted by Crippen LogP contribution is -2.58. The fraction of sp³-hybridized carbons (Fsp3) is 0.593. The van der Waals surface area contributed by atoms with Crippen molar-refractivity contribution in [3.05, 3.63) is 29.8 Å². The number of amides is 2. The number of fused-ring (bicyclic) bond motifs is 2. The van der Waals surface area contributed by atoms with Gasteiger partial charge in [0.15, 0.2) is 0 Å². The second kappa shape index (κ2) is 11.4. The first-order valence-corrected chi connectivity index (χ1v) is 12.7. The number of carbonyl (C=O) groups excluding carboxylic acids is 2. The van der Waals surface area contributed by atoms with Crippen LogP contribution in [0.5, 0.6) is 5.75 Å². The number of anilines is 1. The molecule has 6 unspecified atom stereocenters. The van der Waals surface area contributed by atoms with Crippen LogP contribution < -0.4 is 20.7 Å². The molecule has 196 valence electrons. The molecular formula is C27H38N4O5. The van der Waals surface area contributed by atoms with Crippen molar-refractivity contribution in [2.24, 2.45) is 17.8 Å². The van der Waals surface area contributed by atoms with Gasteiger partial charge in [-0.2, -0.15) is 0 Å². The fourth-order valence-electron chi connectivity index (χ4n) is 5.89. The summed E-state index contributed by atoms with van der Waals surface area (Å²) in [5.41, 5.74) is 1.80. The van der Waals surface area contributed by atoms with Crippen molar-refractivity contribution < 1.29 is 23.8 Å². The summed E-state index contributed by atoms with van der Waals surface area (Å²) in [6, 6.07) is 7.96. The van der Waals surface area contributed by atoms with Gasteiger partial charge in [0.05, 0.1) is 24.8 Å².